The number of rotatable bonds is 3. The third kappa shape index (κ3) is 3.15. The van der Waals surface area contributed by atoms with Crippen LogP contribution in [0.4, 0.5) is 5.69 Å². The van der Waals surface area contributed by atoms with Crippen LogP contribution in [0.5, 0.6) is 0 Å². The fraction of sp³-hybridized carbons (Fsp3) is 0.667. The molecular formula is C15H25N5O. The highest BCUT2D eigenvalue weighted by Gasteiger charge is 2.32. The highest BCUT2D eigenvalue weighted by Crippen LogP contribution is 2.26. The molecule has 0 aliphatic carbocycles. The monoisotopic (exact) mass is 291 g/mol. The number of hydrazine groups is 1. The topological polar surface area (TPSA) is 84.1 Å². The van der Waals surface area contributed by atoms with Gasteiger partial charge < -0.3 is 10.3 Å². The molecule has 1 saturated heterocycles. The number of piperidine rings is 1. The number of carbonyl (C=O) groups excluding carboxylic acids is 1. The van der Waals surface area contributed by atoms with Crippen molar-refractivity contribution in [3.63, 3.8) is 0 Å². The molecule has 2 heterocycles. The zero-order valence-corrected chi connectivity index (χ0v) is 13.3. The summed E-state index contributed by atoms with van der Waals surface area (Å²) >= 11 is 0. The minimum Gasteiger partial charge on any atom is -0.332 e. The average molecular weight is 291 g/mol. The summed E-state index contributed by atoms with van der Waals surface area (Å²) in [5, 5.41) is 0. The van der Waals surface area contributed by atoms with Gasteiger partial charge in [0.15, 0.2) is 5.69 Å². The van der Waals surface area contributed by atoms with Crippen LogP contribution in [0, 0.1) is 0 Å². The van der Waals surface area contributed by atoms with Crippen LogP contribution in [0.25, 0.3) is 0 Å². The molecule has 0 spiro atoms. The van der Waals surface area contributed by atoms with Crippen molar-refractivity contribution in [2.24, 2.45) is 5.84 Å². The van der Waals surface area contributed by atoms with E-state index in [1.807, 2.05) is 18.7 Å². The molecule has 2 rings (SSSR count). The van der Waals surface area contributed by atoms with E-state index in [9.17, 15) is 4.79 Å². The van der Waals surface area contributed by atoms with Crippen molar-refractivity contribution in [3.05, 3.63) is 17.7 Å². The van der Waals surface area contributed by atoms with Crippen molar-refractivity contribution in [1.29, 1.82) is 0 Å². The Kier molecular flexibility index (Phi) is 4.77. The zero-order chi connectivity index (χ0) is 15.6. The van der Waals surface area contributed by atoms with E-state index < -0.39 is 0 Å². The van der Waals surface area contributed by atoms with Gasteiger partial charge in [-0.05, 0) is 33.1 Å². The summed E-state index contributed by atoms with van der Waals surface area (Å²) in [4.78, 5) is 23.5. The van der Waals surface area contributed by atoms with Gasteiger partial charge in [0.1, 0.15) is 5.82 Å². The molecule has 0 aromatic carbocycles. The van der Waals surface area contributed by atoms with E-state index in [0.717, 1.165) is 19.3 Å². The third-order valence-corrected chi connectivity index (χ3v) is 4.11. The van der Waals surface area contributed by atoms with E-state index in [4.69, 9.17) is 5.84 Å². The van der Waals surface area contributed by atoms with Gasteiger partial charge in [-0.25, -0.2) is 9.97 Å². The van der Waals surface area contributed by atoms with Gasteiger partial charge in [0.2, 0.25) is 0 Å². The SMILES string of the molecule is CC(C)c1ncc(NN)c(C(=O)N2C(C)CCCC2C)n1. The molecule has 6 heteroatoms. The van der Waals surface area contributed by atoms with Crippen molar-refractivity contribution in [2.75, 3.05) is 5.43 Å². The summed E-state index contributed by atoms with van der Waals surface area (Å²) in [6.45, 7) is 8.19. The van der Waals surface area contributed by atoms with Gasteiger partial charge in [-0.15, -0.1) is 0 Å². The number of likely N-dealkylation sites (tertiary alicyclic amines) is 1. The Bertz CT molecular complexity index is 507. The Balaban J connectivity index is 2.38. The molecule has 1 aromatic heterocycles. The fourth-order valence-electron chi connectivity index (χ4n) is 2.89. The number of nitrogens with two attached hydrogens (primary N) is 1. The quantitative estimate of drug-likeness (QED) is 0.659. The summed E-state index contributed by atoms with van der Waals surface area (Å²) in [5.41, 5.74) is 3.39. The Morgan fingerprint density at radius 2 is 2.00 bits per heavy atom. The van der Waals surface area contributed by atoms with Crippen LogP contribution in [0.1, 0.15) is 69.2 Å². The van der Waals surface area contributed by atoms with Crippen LogP contribution in [-0.2, 0) is 0 Å². The third-order valence-electron chi connectivity index (χ3n) is 4.11. The lowest BCUT2D eigenvalue weighted by Crippen LogP contribution is -2.48. The number of aromatic nitrogens is 2. The number of nitrogen functional groups attached to an aromatic ring is 1. The van der Waals surface area contributed by atoms with Crippen LogP contribution in [0.2, 0.25) is 0 Å². The van der Waals surface area contributed by atoms with Crippen molar-refractivity contribution in [3.8, 4) is 0 Å². The summed E-state index contributed by atoms with van der Waals surface area (Å²) in [5.74, 6) is 6.28. The lowest BCUT2D eigenvalue weighted by atomic mass is 9.97. The van der Waals surface area contributed by atoms with Crippen LogP contribution < -0.4 is 11.3 Å². The zero-order valence-electron chi connectivity index (χ0n) is 13.3. The summed E-state index contributed by atoms with van der Waals surface area (Å²) < 4.78 is 0. The number of hydrogen-bond donors (Lipinski definition) is 2. The van der Waals surface area contributed by atoms with E-state index in [2.05, 4.69) is 29.2 Å². The number of hydrogen-bond acceptors (Lipinski definition) is 5. The maximum atomic E-state index is 12.9. The van der Waals surface area contributed by atoms with Gasteiger partial charge in [-0.3, -0.25) is 10.6 Å². The Labute approximate surface area is 126 Å². The van der Waals surface area contributed by atoms with Crippen LogP contribution in [-0.4, -0.2) is 32.9 Å². The molecule has 1 aliphatic heterocycles. The summed E-state index contributed by atoms with van der Waals surface area (Å²) in [6, 6.07) is 0.452. The average Bonchev–Trinajstić information content (AvgIpc) is 2.46. The Hall–Kier alpha value is -1.69. The standard InChI is InChI=1S/C15H25N5O/c1-9(2)14-17-8-12(19-16)13(18-14)15(21)20-10(3)6-5-7-11(20)4/h8-11,19H,5-7,16H2,1-4H3. The maximum Gasteiger partial charge on any atom is 0.275 e. The smallest absolute Gasteiger partial charge is 0.275 e. The molecule has 0 saturated carbocycles. The summed E-state index contributed by atoms with van der Waals surface area (Å²) in [6.07, 6.45) is 4.82. The molecule has 1 aliphatic rings. The second-order valence-corrected chi connectivity index (χ2v) is 6.13. The lowest BCUT2D eigenvalue weighted by molar-refractivity contribution is 0.0505. The molecule has 1 amide bonds. The van der Waals surface area contributed by atoms with E-state index >= 15 is 0 Å². The molecule has 1 fully saturated rings. The van der Waals surface area contributed by atoms with Gasteiger partial charge >= 0.3 is 0 Å². The molecule has 2 unspecified atom stereocenters. The van der Waals surface area contributed by atoms with Crippen molar-refractivity contribution in [1.82, 2.24) is 14.9 Å². The van der Waals surface area contributed by atoms with Crippen molar-refractivity contribution < 1.29 is 4.79 Å². The van der Waals surface area contributed by atoms with Crippen molar-refractivity contribution in [2.45, 2.75) is 65.0 Å². The van der Waals surface area contributed by atoms with Gasteiger partial charge in [-0.1, -0.05) is 13.8 Å². The van der Waals surface area contributed by atoms with Crippen molar-refractivity contribution >= 4 is 11.6 Å². The van der Waals surface area contributed by atoms with E-state index in [1.54, 1.807) is 6.20 Å². The van der Waals surface area contributed by atoms with E-state index in [-0.39, 0.29) is 23.9 Å². The predicted octanol–water partition coefficient (Wildman–Crippen LogP) is 2.29. The second kappa shape index (κ2) is 6.39. The normalized spacial score (nSPS) is 22.5. The minimum atomic E-state index is -0.0630. The highest BCUT2D eigenvalue weighted by molar-refractivity contribution is 5.97. The molecule has 3 N–H and O–H groups in total. The number of carbonyl (C=O) groups is 1. The Morgan fingerprint density at radius 3 is 2.52 bits per heavy atom. The highest BCUT2D eigenvalue weighted by atomic mass is 16.2. The predicted molar refractivity (Wildman–Crippen MR) is 82.9 cm³/mol. The molecule has 2 atom stereocenters. The first-order chi connectivity index (χ1) is 9.95. The summed E-state index contributed by atoms with van der Waals surface area (Å²) in [7, 11) is 0. The van der Waals surface area contributed by atoms with Crippen LogP contribution in [0.3, 0.4) is 0 Å². The molecule has 6 nitrogen and oxygen atoms in total. The number of anilines is 1. The maximum absolute atomic E-state index is 12.9. The number of amides is 1. The number of nitrogens with zero attached hydrogens (tertiary/aromatic N) is 3. The first-order valence-electron chi connectivity index (χ1n) is 7.62. The fourth-order valence-corrected chi connectivity index (χ4v) is 2.89. The molecular weight excluding hydrogens is 266 g/mol. The number of nitrogens with one attached hydrogen (secondary N) is 1. The molecule has 0 radical (unpaired) electrons. The van der Waals surface area contributed by atoms with E-state index in [0.29, 0.717) is 17.2 Å². The minimum absolute atomic E-state index is 0.0630. The van der Waals surface area contributed by atoms with Crippen LogP contribution in [0.15, 0.2) is 6.20 Å². The molecule has 21 heavy (non-hydrogen) atoms. The van der Waals surface area contributed by atoms with Gasteiger partial charge in [0.05, 0.1) is 11.9 Å². The molecule has 116 valence electrons. The first-order valence-corrected chi connectivity index (χ1v) is 7.62. The van der Waals surface area contributed by atoms with Gasteiger partial charge in [0, 0.05) is 18.0 Å². The second-order valence-electron chi connectivity index (χ2n) is 6.13. The molecule has 0 bridgehead atoms. The Morgan fingerprint density at radius 1 is 1.38 bits per heavy atom. The molecule has 1 aromatic rings. The first kappa shape index (κ1) is 15.7. The van der Waals surface area contributed by atoms with Gasteiger partial charge in [-0.2, -0.15) is 0 Å². The van der Waals surface area contributed by atoms with Crippen LogP contribution >= 0.6 is 0 Å². The lowest BCUT2D eigenvalue weighted by Gasteiger charge is -2.39. The largest absolute Gasteiger partial charge is 0.332 e. The van der Waals surface area contributed by atoms with E-state index in [1.165, 1.54) is 0 Å². The van der Waals surface area contributed by atoms with Gasteiger partial charge in [0.25, 0.3) is 5.91 Å².